The number of para-hydroxylation sites is 1. The zero-order chi connectivity index (χ0) is 28.8. The lowest BCUT2D eigenvalue weighted by molar-refractivity contribution is -0.189. The molecule has 1 aromatic carbocycles. The fraction of sp³-hybridized carbons (Fsp3) is 0.700. The van der Waals surface area contributed by atoms with Crippen LogP contribution >= 0.6 is 0 Å². The van der Waals surface area contributed by atoms with Crippen LogP contribution < -0.4 is 10.1 Å². The van der Waals surface area contributed by atoms with Crippen LogP contribution in [0.25, 0.3) is 0 Å². The summed E-state index contributed by atoms with van der Waals surface area (Å²) in [6.07, 6.45) is 0.454. The monoisotopic (exact) mass is 544 g/mol. The highest BCUT2D eigenvalue weighted by Gasteiger charge is 2.51. The maximum atomic E-state index is 13.7. The number of alkyl carbamates (subject to hydrolysis) is 1. The molecule has 0 unspecified atom stereocenters. The number of ether oxygens (including phenoxy) is 4. The number of carbonyl (C=O) groups is 3. The molecule has 216 valence electrons. The fourth-order valence-electron chi connectivity index (χ4n) is 5.88. The zero-order valence-corrected chi connectivity index (χ0v) is 24.5. The van der Waals surface area contributed by atoms with E-state index < -0.39 is 34.9 Å². The highest BCUT2D eigenvalue weighted by atomic mass is 16.6. The Morgan fingerprint density at radius 1 is 1.08 bits per heavy atom. The van der Waals surface area contributed by atoms with Crippen LogP contribution in [0.4, 0.5) is 4.79 Å². The van der Waals surface area contributed by atoms with Crippen molar-refractivity contribution in [2.75, 3.05) is 13.1 Å². The first-order chi connectivity index (χ1) is 18.0. The number of carbonyl (C=O) groups excluding carboxylic acids is 3. The van der Waals surface area contributed by atoms with Crippen molar-refractivity contribution in [3.05, 3.63) is 29.8 Å². The largest absolute Gasteiger partial charge is 0.487 e. The summed E-state index contributed by atoms with van der Waals surface area (Å²) >= 11 is 0. The zero-order valence-electron chi connectivity index (χ0n) is 24.5. The van der Waals surface area contributed by atoms with Crippen LogP contribution in [0.3, 0.4) is 0 Å². The maximum Gasteiger partial charge on any atom is 0.408 e. The molecule has 0 radical (unpaired) electrons. The second-order valence-electron chi connectivity index (χ2n) is 13.5. The van der Waals surface area contributed by atoms with Crippen LogP contribution in [0.15, 0.2) is 24.3 Å². The number of benzene rings is 1. The Morgan fingerprint density at radius 2 is 1.74 bits per heavy atom. The highest BCUT2D eigenvalue weighted by Crippen LogP contribution is 2.52. The lowest BCUT2D eigenvalue weighted by atomic mass is 9.70. The Balaban J connectivity index is 1.48. The molecule has 2 saturated heterocycles. The summed E-state index contributed by atoms with van der Waals surface area (Å²) in [7, 11) is 0. The summed E-state index contributed by atoms with van der Waals surface area (Å²) in [5.74, 6) is 0.224. The topological polar surface area (TPSA) is 103 Å². The molecule has 0 aliphatic carbocycles. The van der Waals surface area contributed by atoms with Crippen molar-refractivity contribution in [2.45, 2.75) is 110 Å². The van der Waals surface area contributed by atoms with Gasteiger partial charge in [0.25, 0.3) is 0 Å². The van der Waals surface area contributed by atoms with Gasteiger partial charge in [-0.25, -0.2) is 4.79 Å². The number of esters is 1. The third-order valence-electron chi connectivity index (χ3n) is 7.49. The number of fused-ring (bicyclic) bond motifs is 4. The molecule has 0 aromatic heterocycles. The number of nitrogens with zero attached hydrogens (tertiary/aromatic N) is 1. The minimum Gasteiger partial charge on any atom is -0.487 e. The Bertz CT molecular complexity index is 1060. The Kier molecular flexibility index (Phi) is 7.96. The van der Waals surface area contributed by atoms with Gasteiger partial charge in [0.05, 0.1) is 18.6 Å². The van der Waals surface area contributed by atoms with Crippen LogP contribution in [0.2, 0.25) is 0 Å². The first-order valence-corrected chi connectivity index (χ1v) is 14.0. The Labute approximate surface area is 231 Å². The van der Waals surface area contributed by atoms with Gasteiger partial charge in [-0.2, -0.15) is 0 Å². The van der Waals surface area contributed by atoms with Crippen molar-refractivity contribution in [2.24, 2.45) is 11.8 Å². The molecule has 1 aromatic rings. The number of nitrogens with one attached hydrogen (secondary N) is 1. The van der Waals surface area contributed by atoms with Gasteiger partial charge in [-0.3, -0.25) is 9.59 Å². The number of piperidine rings is 1. The van der Waals surface area contributed by atoms with E-state index in [2.05, 4.69) is 25.2 Å². The smallest absolute Gasteiger partial charge is 0.408 e. The van der Waals surface area contributed by atoms with E-state index in [4.69, 9.17) is 18.9 Å². The molecule has 3 heterocycles. The van der Waals surface area contributed by atoms with Gasteiger partial charge in [-0.1, -0.05) is 18.2 Å². The number of likely N-dealkylation sites (tertiary alicyclic amines) is 1. The third-order valence-corrected chi connectivity index (χ3v) is 7.49. The summed E-state index contributed by atoms with van der Waals surface area (Å²) in [6, 6.07) is 6.96. The molecule has 2 fully saturated rings. The van der Waals surface area contributed by atoms with E-state index in [9.17, 15) is 14.4 Å². The Hall–Kier alpha value is -2.81. The standard InChI is InChI=1S/C30H44N2O7/c1-28(2,3)38-24(33)16-21(31-27(35)39-29(4,5)6)26(34)32-14-13-22-18(17-32)15-20-25(36-22)19-11-9-10-12-23(19)37-30(20,7)8/h9-12,18,20-22,25H,13-17H2,1-8H3,(H,31,35)/t18-,20+,21+,22+,25-/m1/s1. The minimum atomic E-state index is -1.09. The van der Waals surface area contributed by atoms with E-state index in [1.165, 1.54) is 0 Å². The predicted molar refractivity (Wildman–Crippen MR) is 145 cm³/mol. The molecule has 3 aliphatic heterocycles. The number of hydrogen-bond acceptors (Lipinski definition) is 7. The molecule has 0 bridgehead atoms. The van der Waals surface area contributed by atoms with Gasteiger partial charge in [-0.05, 0) is 74.3 Å². The quantitative estimate of drug-likeness (QED) is 0.544. The predicted octanol–water partition coefficient (Wildman–Crippen LogP) is 4.78. The van der Waals surface area contributed by atoms with Crippen LogP contribution in [0.5, 0.6) is 5.75 Å². The summed E-state index contributed by atoms with van der Waals surface area (Å²) in [5.41, 5.74) is -0.796. The molecule has 1 N–H and O–H groups in total. The van der Waals surface area contributed by atoms with Crippen molar-refractivity contribution in [3.63, 3.8) is 0 Å². The summed E-state index contributed by atoms with van der Waals surface area (Å²) in [5, 5.41) is 2.62. The summed E-state index contributed by atoms with van der Waals surface area (Å²) in [6.45, 7) is 15.7. The molecule has 3 aliphatic rings. The number of amides is 2. The fourth-order valence-corrected chi connectivity index (χ4v) is 5.88. The summed E-state index contributed by atoms with van der Waals surface area (Å²) < 4.78 is 23.9. The molecule has 5 atom stereocenters. The molecule has 39 heavy (non-hydrogen) atoms. The third kappa shape index (κ3) is 7.04. The lowest BCUT2D eigenvalue weighted by Crippen LogP contribution is -2.58. The minimum absolute atomic E-state index is 0.0142. The molecule has 9 heteroatoms. The van der Waals surface area contributed by atoms with Crippen molar-refractivity contribution in [1.29, 1.82) is 0 Å². The maximum absolute atomic E-state index is 13.7. The van der Waals surface area contributed by atoms with Crippen LogP contribution in [-0.4, -0.2) is 64.9 Å². The van der Waals surface area contributed by atoms with E-state index in [1.54, 1.807) is 46.4 Å². The van der Waals surface area contributed by atoms with Crippen molar-refractivity contribution < 1.29 is 33.3 Å². The molecule has 0 spiro atoms. The molecule has 9 nitrogen and oxygen atoms in total. The Morgan fingerprint density at radius 3 is 2.41 bits per heavy atom. The van der Waals surface area contributed by atoms with Crippen molar-refractivity contribution in [1.82, 2.24) is 10.2 Å². The van der Waals surface area contributed by atoms with Gasteiger partial charge in [0.2, 0.25) is 5.91 Å². The van der Waals surface area contributed by atoms with Gasteiger partial charge in [0, 0.05) is 30.5 Å². The van der Waals surface area contributed by atoms with Gasteiger partial charge < -0.3 is 29.2 Å². The van der Waals surface area contributed by atoms with E-state index in [0.29, 0.717) is 19.5 Å². The lowest BCUT2D eigenvalue weighted by Gasteiger charge is -2.53. The number of rotatable bonds is 4. The van der Waals surface area contributed by atoms with Crippen molar-refractivity contribution in [3.8, 4) is 5.75 Å². The second-order valence-corrected chi connectivity index (χ2v) is 13.5. The molecule has 0 saturated carbocycles. The average molecular weight is 545 g/mol. The highest BCUT2D eigenvalue weighted by molar-refractivity contribution is 5.89. The van der Waals surface area contributed by atoms with E-state index in [1.807, 2.05) is 18.2 Å². The molecule has 4 rings (SSSR count). The SMILES string of the molecule is CC(C)(C)OC(=O)C[C@H](NC(=O)OC(C)(C)C)C(=O)N1CC[C@@H]2O[C@@H]3c4ccccc4OC(C)(C)[C@H]3C[C@@H]2C1. The first-order valence-electron chi connectivity index (χ1n) is 14.0. The summed E-state index contributed by atoms with van der Waals surface area (Å²) in [4.78, 5) is 40.7. The van der Waals surface area contributed by atoms with Gasteiger partial charge in [0.15, 0.2) is 0 Å². The van der Waals surface area contributed by atoms with E-state index >= 15 is 0 Å². The van der Waals surface area contributed by atoms with Gasteiger partial charge in [0.1, 0.15) is 28.6 Å². The normalized spacial score (nSPS) is 26.6. The molecule has 2 amide bonds. The average Bonchev–Trinajstić information content (AvgIpc) is 2.79. The first kappa shape index (κ1) is 29.2. The van der Waals surface area contributed by atoms with Gasteiger partial charge >= 0.3 is 12.1 Å². The van der Waals surface area contributed by atoms with Crippen LogP contribution in [0.1, 0.15) is 86.3 Å². The second kappa shape index (κ2) is 10.6. The van der Waals surface area contributed by atoms with Crippen molar-refractivity contribution >= 4 is 18.0 Å². The number of hydrogen-bond donors (Lipinski definition) is 1. The molecular formula is C30H44N2O7. The van der Waals surface area contributed by atoms with E-state index in [0.717, 1.165) is 17.7 Å². The van der Waals surface area contributed by atoms with Crippen LogP contribution in [-0.2, 0) is 23.8 Å². The van der Waals surface area contributed by atoms with E-state index in [-0.39, 0.29) is 36.4 Å². The molecular weight excluding hydrogens is 500 g/mol. The van der Waals surface area contributed by atoms with Gasteiger partial charge in [-0.15, -0.1) is 0 Å². The van der Waals surface area contributed by atoms with Crippen LogP contribution in [0, 0.1) is 11.8 Å².